The number of rotatable bonds is 4. The van der Waals surface area contributed by atoms with E-state index in [4.69, 9.17) is 16.3 Å². The maximum Gasteiger partial charge on any atom is 0.320 e. The van der Waals surface area contributed by atoms with Gasteiger partial charge in [-0.05, 0) is 46.3 Å². The van der Waals surface area contributed by atoms with Gasteiger partial charge in [0.2, 0.25) is 0 Å². The van der Waals surface area contributed by atoms with Crippen LogP contribution in [0.3, 0.4) is 0 Å². The fraction of sp³-hybridized carbons (Fsp3) is 0.133. The van der Waals surface area contributed by atoms with E-state index in [1.165, 1.54) is 0 Å². The summed E-state index contributed by atoms with van der Waals surface area (Å²) >= 11 is 9.17. The summed E-state index contributed by atoms with van der Waals surface area (Å²) in [5, 5.41) is 0.555. The van der Waals surface area contributed by atoms with E-state index in [2.05, 4.69) is 20.9 Å². The predicted molar refractivity (Wildman–Crippen MR) is 84.5 cm³/mol. The van der Waals surface area contributed by atoms with Crippen molar-refractivity contribution in [1.82, 2.24) is 9.55 Å². The van der Waals surface area contributed by atoms with Crippen LogP contribution in [0.5, 0.6) is 5.75 Å². The molecule has 0 fully saturated rings. The van der Waals surface area contributed by atoms with Crippen molar-refractivity contribution < 1.29 is 13.5 Å². The second-order valence-electron chi connectivity index (χ2n) is 4.53. The molecule has 1 aromatic heterocycles. The average molecular weight is 388 g/mol. The zero-order valence-electron chi connectivity index (χ0n) is 11.1. The Morgan fingerprint density at radius 3 is 2.73 bits per heavy atom. The number of fused-ring (bicyclic) bond motifs is 1. The molecule has 7 heteroatoms. The lowest BCUT2D eigenvalue weighted by Gasteiger charge is -2.10. The number of hydrogen-bond acceptors (Lipinski definition) is 2. The number of alkyl halides is 2. The Kier molecular flexibility index (Phi) is 4.31. The van der Waals surface area contributed by atoms with Crippen LogP contribution in [0, 0.1) is 0 Å². The van der Waals surface area contributed by atoms with Crippen LogP contribution in [0.1, 0.15) is 12.4 Å². The minimum Gasteiger partial charge on any atom is -0.484 e. The molecule has 3 aromatic rings. The first kappa shape index (κ1) is 15.2. The zero-order chi connectivity index (χ0) is 15.7. The third-order valence-corrected chi connectivity index (χ3v) is 3.97. The van der Waals surface area contributed by atoms with Crippen molar-refractivity contribution in [3.63, 3.8) is 0 Å². The Labute approximate surface area is 138 Å². The summed E-state index contributed by atoms with van der Waals surface area (Å²) in [6.45, 7) is -2.75. The van der Waals surface area contributed by atoms with E-state index in [0.29, 0.717) is 26.3 Å². The van der Waals surface area contributed by atoms with Gasteiger partial charge in [0.05, 0.1) is 15.5 Å². The number of benzene rings is 2. The summed E-state index contributed by atoms with van der Waals surface area (Å²) in [5.74, 6) is 0.676. The molecule has 0 N–H and O–H groups in total. The molecule has 0 atom stereocenters. The number of halogens is 4. The number of para-hydroxylation sites is 2. The van der Waals surface area contributed by atoms with E-state index >= 15 is 0 Å². The molecule has 0 saturated heterocycles. The van der Waals surface area contributed by atoms with Crippen molar-refractivity contribution in [1.29, 1.82) is 0 Å². The molecular weight excluding hydrogens is 378 g/mol. The normalized spacial score (nSPS) is 11.3. The molecule has 2 aromatic carbocycles. The van der Waals surface area contributed by atoms with Crippen LogP contribution < -0.4 is 4.74 Å². The monoisotopic (exact) mass is 386 g/mol. The van der Waals surface area contributed by atoms with Crippen molar-refractivity contribution in [2.24, 2.45) is 0 Å². The Bertz CT molecular complexity index is 822. The number of aromatic nitrogens is 2. The molecule has 0 aliphatic carbocycles. The van der Waals surface area contributed by atoms with E-state index in [1.807, 2.05) is 0 Å². The molecule has 22 heavy (non-hydrogen) atoms. The highest BCUT2D eigenvalue weighted by atomic mass is 79.9. The fourth-order valence-electron chi connectivity index (χ4n) is 2.15. The maximum atomic E-state index is 13.3. The highest BCUT2D eigenvalue weighted by molar-refractivity contribution is 9.10. The molecule has 114 valence electrons. The summed E-state index contributed by atoms with van der Waals surface area (Å²) in [6, 6.07) is 11.8. The lowest BCUT2D eigenvalue weighted by molar-refractivity contribution is 0.0677. The number of ether oxygens (including phenoxy) is 1. The summed E-state index contributed by atoms with van der Waals surface area (Å²) in [6.07, 6.45) is 0. The molecule has 3 nitrogen and oxygen atoms in total. The second-order valence-corrected chi connectivity index (χ2v) is 5.82. The molecule has 1 heterocycles. The van der Waals surface area contributed by atoms with Crippen LogP contribution in [0.25, 0.3) is 11.0 Å². The van der Waals surface area contributed by atoms with Gasteiger partial charge >= 0.3 is 6.55 Å². The van der Waals surface area contributed by atoms with Crippen molar-refractivity contribution >= 4 is 38.6 Å². The van der Waals surface area contributed by atoms with Crippen LogP contribution in [0.4, 0.5) is 8.78 Å². The summed E-state index contributed by atoms with van der Waals surface area (Å²) in [7, 11) is 0. The van der Waals surface area contributed by atoms with E-state index in [-0.39, 0.29) is 12.4 Å². The van der Waals surface area contributed by atoms with Gasteiger partial charge < -0.3 is 4.74 Å². The van der Waals surface area contributed by atoms with Crippen LogP contribution >= 0.6 is 27.5 Å². The van der Waals surface area contributed by atoms with Crippen molar-refractivity contribution in [3.05, 3.63) is 57.8 Å². The van der Waals surface area contributed by atoms with Crippen molar-refractivity contribution in [2.75, 3.05) is 0 Å². The molecule has 0 bridgehead atoms. The van der Waals surface area contributed by atoms with Gasteiger partial charge in [-0.15, -0.1) is 0 Å². The minimum atomic E-state index is -2.68. The first-order valence-corrected chi connectivity index (χ1v) is 7.55. The summed E-state index contributed by atoms with van der Waals surface area (Å²) in [5.41, 5.74) is 0.892. The fourth-order valence-corrected chi connectivity index (χ4v) is 2.95. The predicted octanol–water partition coefficient (Wildman–Crippen LogP) is 5.43. The molecule has 0 amide bonds. The Hall–Kier alpha value is -1.66. The molecule has 0 radical (unpaired) electrons. The molecule has 0 saturated carbocycles. The third kappa shape index (κ3) is 2.94. The highest BCUT2D eigenvalue weighted by Crippen LogP contribution is 2.29. The van der Waals surface area contributed by atoms with E-state index < -0.39 is 6.55 Å². The Morgan fingerprint density at radius 2 is 2.00 bits per heavy atom. The first-order valence-electron chi connectivity index (χ1n) is 6.38. The number of hydrogen-bond donors (Lipinski definition) is 0. The van der Waals surface area contributed by atoms with Gasteiger partial charge in [-0.25, -0.2) is 4.98 Å². The lowest BCUT2D eigenvalue weighted by Crippen LogP contribution is -2.08. The molecule has 0 aliphatic rings. The van der Waals surface area contributed by atoms with Crippen LogP contribution in [0.15, 0.2) is 46.9 Å². The molecular formula is C15H10BrClF2N2O. The van der Waals surface area contributed by atoms with Crippen molar-refractivity contribution in [3.8, 4) is 5.75 Å². The maximum absolute atomic E-state index is 13.3. The Balaban J connectivity index is 1.92. The van der Waals surface area contributed by atoms with E-state index in [0.717, 1.165) is 4.57 Å². The van der Waals surface area contributed by atoms with Gasteiger partial charge in [0.25, 0.3) is 0 Å². The van der Waals surface area contributed by atoms with Gasteiger partial charge in [0.1, 0.15) is 12.4 Å². The van der Waals surface area contributed by atoms with Crippen LogP contribution in [-0.2, 0) is 6.61 Å². The van der Waals surface area contributed by atoms with E-state index in [1.54, 1.807) is 42.5 Å². The SMILES string of the molecule is FC(F)n1c(COc2ccc(Cl)cc2Br)nc2ccccc21. The lowest BCUT2D eigenvalue weighted by atomic mass is 10.3. The quantitative estimate of drug-likeness (QED) is 0.597. The second kappa shape index (κ2) is 6.22. The van der Waals surface area contributed by atoms with Crippen molar-refractivity contribution in [2.45, 2.75) is 13.2 Å². The zero-order valence-corrected chi connectivity index (χ0v) is 13.5. The van der Waals surface area contributed by atoms with E-state index in [9.17, 15) is 8.78 Å². The van der Waals surface area contributed by atoms with Gasteiger partial charge in [-0.3, -0.25) is 4.57 Å². The van der Waals surface area contributed by atoms with Crippen LogP contribution in [-0.4, -0.2) is 9.55 Å². The highest BCUT2D eigenvalue weighted by Gasteiger charge is 2.18. The van der Waals surface area contributed by atoms with Gasteiger partial charge in [0.15, 0.2) is 5.82 Å². The number of nitrogens with zero attached hydrogens (tertiary/aromatic N) is 2. The largest absolute Gasteiger partial charge is 0.484 e. The molecule has 0 spiro atoms. The standard InChI is InChI=1S/C15H10BrClF2N2O/c16-10-7-9(17)5-6-13(10)22-8-14-20-11-3-1-2-4-12(11)21(14)15(18)19/h1-7,15H,8H2. The molecule has 3 rings (SSSR count). The first-order chi connectivity index (χ1) is 10.6. The summed E-state index contributed by atoms with van der Waals surface area (Å²) < 4.78 is 33.7. The topological polar surface area (TPSA) is 27.1 Å². The minimum absolute atomic E-state index is 0.0702. The van der Waals surface area contributed by atoms with Gasteiger partial charge in [-0.1, -0.05) is 23.7 Å². The average Bonchev–Trinajstić information content (AvgIpc) is 2.84. The third-order valence-electron chi connectivity index (χ3n) is 3.11. The Morgan fingerprint density at radius 1 is 1.23 bits per heavy atom. The van der Waals surface area contributed by atoms with Gasteiger partial charge in [0, 0.05) is 5.02 Å². The number of imidazole rings is 1. The smallest absolute Gasteiger partial charge is 0.320 e. The molecule has 0 aliphatic heterocycles. The summed E-state index contributed by atoms with van der Waals surface area (Å²) in [4.78, 5) is 4.21. The van der Waals surface area contributed by atoms with Crippen LogP contribution in [0.2, 0.25) is 5.02 Å². The molecule has 0 unspecified atom stereocenters. The van der Waals surface area contributed by atoms with Gasteiger partial charge in [-0.2, -0.15) is 8.78 Å².